The van der Waals surface area contributed by atoms with Crippen LogP contribution in [0.4, 0.5) is 15.9 Å². The van der Waals surface area contributed by atoms with Crippen molar-refractivity contribution < 1.29 is 9.13 Å². The lowest BCUT2D eigenvalue weighted by Crippen LogP contribution is -2.34. The average Bonchev–Trinajstić information content (AvgIpc) is 3.39. The van der Waals surface area contributed by atoms with E-state index in [9.17, 15) is 0 Å². The van der Waals surface area contributed by atoms with Gasteiger partial charge >= 0.3 is 0 Å². The number of methoxy groups -OCH3 is 1. The summed E-state index contributed by atoms with van der Waals surface area (Å²) >= 11 is 0. The van der Waals surface area contributed by atoms with E-state index in [-0.39, 0.29) is 0 Å². The van der Waals surface area contributed by atoms with Crippen molar-refractivity contribution >= 4 is 22.4 Å². The average molecular weight is 447 g/mol. The number of hydrogen-bond acceptors (Lipinski definition) is 5. The summed E-state index contributed by atoms with van der Waals surface area (Å²) in [4.78, 5) is 14.3. The summed E-state index contributed by atoms with van der Waals surface area (Å²) in [6, 6.07) is 14.8. The molecular weight excluding hydrogens is 415 g/mol. The molecule has 2 aromatic carbocycles. The number of aromatic nitrogens is 2. The topological polar surface area (TPSA) is 41.5 Å². The number of para-hydroxylation sites is 1. The summed E-state index contributed by atoms with van der Waals surface area (Å²) in [6.07, 6.45) is 5.57. The van der Waals surface area contributed by atoms with Gasteiger partial charge in [0, 0.05) is 37.3 Å². The highest BCUT2D eigenvalue weighted by Gasteiger charge is 2.48. The quantitative estimate of drug-likeness (QED) is 0.512. The SMILES string of the molecule is COc1ccccc1C1CCN(c2nc(C3(F)CC3)nc3ccc(N4CCCC4)cc23)CC1. The lowest BCUT2D eigenvalue weighted by atomic mass is 9.88. The maximum Gasteiger partial charge on any atom is 0.170 e. The molecule has 5 nitrogen and oxygen atoms in total. The Kier molecular flexibility index (Phi) is 5.11. The van der Waals surface area contributed by atoms with E-state index in [2.05, 4.69) is 45.1 Å². The highest BCUT2D eigenvalue weighted by Crippen LogP contribution is 2.49. The van der Waals surface area contributed by atoms with Gasteiger partial charge < -0.3 is 14.5 Å². The number of nitrogens with zero attached hydrogens (tertiary/aromatic N) is 4. The van der Waals surface area contributed by atoms with Crippen LogP contribution in [0.15, 0.2) is 42.5 Å². The second-order valence-corrected chi connectivity index (χ2v) is 9.74. The molecule has 2 saturated heterocycles. The number of halogens is 1. The summed E-state index contributed by atoms with van der Waals surface area (Å²) in [7, 11) is 1.74. The van der Waals surface area contributed by atoms with Gasteiger partial charge in [0.25, 0.3) is 0 Å². The van der Waals surface area contributed by atoms with Gasteiger partial charge in [-0.25, -0.2) is 14.4 Å². The van der Waals surface area contributed by atoms with E-state index in [1.54, 1.807) is 7.11 Å². The van der Waals surface area contributed by atoms with E-state index in [1.165, 1.54) is 24.1 Å². The monoisotopic (exact) mass is 446 g/mol. The van der Waals surface area contributed by atoms with Gasteiger partial charge in [0.05, 0.1) is 12.6 Å². The van der Waals surface area contributed by atoms with Gasteiger partial charge in [-0.1, -0.05) is 18.2 Å². The molecule has 3 heterocycles. The molecule has 1 saturated carbocycles. The normalized spacial score (nSPS) is 20.4. The zero-order chi connectivity index (χ0) is 22.4. The first kappa shape index (κ1) is 20.7. The van der Waals surface area contributed by atoms with E-state index in [1.807, 2.05) is 12.1 Å². The maximum absolute atomic E-state index is 15.0. The minimum absolute atomic E-state index is 0.366. The van der Waals surface area contributed by atoms with Gasteiger partial charge in [0.15, 0.2) is 11.5 Å². The van der Waals surface area contributed by atoms with Crippen molar-refractivity contribution in [2.75, 3.05) is 43.1 Å². The van der Waals surface area contributed by atoms with Crippen molar-refractivity contribution in [2.45, 2.75) is 50.1 Å². The van der Waals surface area contributed by atoms with E-state index < -0.39 is 5.67 Å². The van der Waals surface area contributed by atoms with E-state index >= 15 is 4.39 Å². The molecule has 0 bridgehead atoms. The van der Waals surface area contributed by atoms with Crippen LogP contribution in [0.1, 0.15) is 55.8 Å². The summed E-state index contributed by atoms with van der Waals surface area (Å²) < 4.78 is 20.6. The Morgan fingerprint density at radius 1 is 0.939 bits per heavy atom. The number of rotatable bonds is 5. The fourth-order valence-corrected chi connectivity index (χ4v) is 5.45. The summed E-state index contributed by atoms with van der Waals surface area (Å²) in [5.41, 5.74) is 2.02. The molecule has 0 atom stereocenters. The van der Waals surface area contributed by atoms with Crippen LogP contribution < -0.4 is 14.5 Å². The minimum Gasteiger partial charge on any atom is -0.496 e. The smallest absolute Gasteiger partial charge is 0.170 e. The van der Waals surface area contributed by atoms with Crippen LogP contribution >= 0.6 is 0 Å². The highest BCUT2D eigenvalue weighted by molar-refractivity contribution is 5.92. The predicted octanol–water partition coefficient (Wildman–Crippen LogP) is 5.58. The maximum atomic E-state index is 15.0. The molecule has 3 aromatic rings. The zero-order valence-electron chi connectivity index (χ0n) is 19.3. The minimum atomic E-state index is -1.34. The number of alkyl halides is 1. The Bertz CT molecular complexity index is 1160. The van der Waals surface area contributed by atoms with Gasteiger partial charge in [-0.05, 0) is 74.3 Å². The van der Waals surface area contributed by atoms with Gasteiger partial charge in [-0.2, -0.15) is 0 Å². The van der Waals surface area contributed by atoms with Gasteiger partial charge in [0.2, 0.25) is 0 Å². The van der Waals surface area contributed by atoms with Crippen molar-refractivity contribution in [3.63, 3.8) is 0 Å². The third kappa shape index (κ3) is 3.79. The lowest BCUT2D eigenvalue weighted by molar-refractivity contribution is 0.301. The summed E-state index contributed by atoms with van der Waals surface area (Å²) in [5, 5.41) is 1.04. The molecule has 172 valence electrons. The second-order valence-electron chi connectivity index (χ2n) is 9.74. The van der Waals surface area contributed by atoms with E-state index in [0.29, 0.717) is 24.6 Å². The van der Waals surface area contributed by atoms with Crippen molar-refractivity contribution in [1.82, 2.24) is 9.97 Å². The number of benzene rings is 2. The van der Waals surface area contributed by atoms with Crippen LogP contribution in [-0.2, 0) is 5.67 Å². The molecule has 1 aliphatic carbocycles. The molecular formula is C27H31FN4O. The Morgan fingerprint density at radius 3 is 2.42 bits per heavy atom. The molecule has 3 fully saturated rings. The third-order valence-electron chi connectivity index (χ3n) is 7.59. The van der Waals surface area contributed by atoms with Crippen LogP contribution in [-0.4, -0.2) is 43.3 Å². The fraction of sp³-hybridized carbons (Fsp3) is 0.481. The van der Waals surface area contributed by atoms with Crippen LogP contribution in [0.25, 0.3) is 10.9 Å². The molecule has 3 aliphatic rings. The van der Waals surface area contributed by atoms with Crippen LogP contribution in [0.2, 0.25) is 0 Å². The Morgan fingerprint density at radius 2 is 1.70 bits per heavy atom. The fourth-order valence-electron chi connectivity index (χ4n) is 5.45. The number of ether oxygens (including phenoxy) is 1. The largest absolute Gasteiger partial charge is 0.496 e. The van der Waals surface area contributed by atoms with Crippen molar-refractivity contribution in [3.05, 3.63) is 53.9 Å². The first-order chi connectivity index (χ1) is 16.1. The molecule has 0 radical (unpaired) electrons. The van der Waals surface area contributed by atoms with Crippen LogP contribution in [0.5, 0.6) is 5.75 Å². The molecule has 0 N–H and O–H groups in total. The van der Waals surface area contributed by atoms with E-state index in [0.717, 1.165) is 61.5 Å². The highest BCUT2D eigenvalue weighted by atomic mass is 19.1. The molecule has 1 aromatic heterocycles. The molecule has 0 unspecified atom stereocenters. The van der Waals surface area contributed by atoms with E-state index in [4.69, 9.17) is 9.72 Å². The second kappa shape index (κ2) is 8.15. The van der Waals surface area contributed by atoms with Crippen molar-refractivity contribution in [1.29, 1.82) is 0 Å². The molecule has 0 spiro atoms. The zero-order valence-corrected chi connectivity index (χ0v) is 19.3. The number of fused-ring (bicyclic) bond motifs is 1. The third-order valence-corrected chi connectivity index (χ3v) is 7.59. The van der Waals surface area contributed by atoms with Gasteiger partial charge in [-0.3, -0.25) is 0 Å². The molecule has 33 heavy (non-hydrogen) atoms. The van der Waals surface area contributed by atoms with Gasteiger partial charge in [-0.15, -0.1) is 0 Å². The Balaban J connectivity index is 1.34. The Labute approximate surface area is 194 Å². The number of hydrogen-bond donors (Lipinski definition) is 0. The van der Waals surface area contributed by atoms with Crippen LogP contribution in [0.3, 0.4) is 0 Å². The first-order valence-corrected chi connectivity index (χ1v) is 12.3. The van der Waals surface area contributed by atoms with Crippen LogP contribution in [0, 0.1) is 0 Å². The van der Waals surface area contributed by atoms with Crippen molar-refractivity contribution in [2.24, 2.45) is 0 Å². The predicted molar refractivity (Wildman–Crippen MR) is 130 cm³/mol. The Hall–Kier alpha value is -2.89. The molecule has 6 rings (SSSR count). The molecule has 6 heteroatoms. The number of anilines is 2. The standard InChI is InChI=1S/C27H31FN4O/c1-33-24-7-3-2-6-21(24)19-10-16-32(17-11-19)25-22-18-20(31-14-4-5-15-31)8-9-23(22)29-26(30-25)27(28)12-13-27/h2-3,6-9,18-19H,4-5,10-17H2,1H3. The lowest BCUT2D eigenvalue weighted by Gasteiger charge is -2.34. The van der Waals surface area contributed by atoms with Crippen molar-refractivity contribution in [3.8, 4) is 5.75 Å². The first-order valence-electron chi connectivity index (χ1n) is 12.3. The summed E-state index contributed by atoms with van der Waals surface area (Å²) in [6.45, 7) is 3.97. The number of piperidine rings is 1. The molecule has 2 aliphatic heterocycles. The summed E-state index contributed by atoms with van der Waals surface area (Å²) in [5.74, 6) is 2.69. The molecule has 0 amide bonds. The van der Waals surface area contributed by atoms with Gasteiger partial charge in [0.1, 0.15) is 11.6 Å².